The van der Waals surface area contributed by atoms with E-state index in [2.05, 4.69) is 26.0 Å². The topological polar surface area (TPSA) is 129 Å². The predicted molar refractivity (Wildman–Crippen MR) is 125 cm³/mol. The van der Waals surface area contributed by atoms with Crippen LogP contribution in [0.15, 0.2) is 57.9 Å². The highest BCUT2D eigenvalue weighted by Crippen LogP contribution is 2.34. The summed E-state index contributed by atoms with van der Waals surface area (Å²) in [6, 6.07) is 10.0. The van der Waals surface area contributed by atoms with E-state index < -0.39 is 4.92 Å². The van der Waals surface area contributed by atoms with E-state index >= 15 is 0 Å². The van der Waals surface area contributed by atoms with E-state index in [4.69, 9.17) is 21.7 Å². The fourth-order valence-corrected chi connectivity index (χ4v) is 3.57. The van der Waals surface area contributed by atoms with Gasteiger partial charge >= 0.3 is 0 Å². The number of nitro benzene ring substituents is 1. The van der Waals surface area contributed by atoms with Crippen LogP contribution in [-0.4, -0.2) is 45.2 Å². The Balaban J connectivity index is 1.66. The third kappa shape index (κ3) is 5.70. The molecular weight excluding hydrogens is 454 g/mol. The van der Waals surface area contributed by atoms with Gasteiger partial charge in [0.05, 0.1) is 30.3 Å². The summed E-state index contributed by atoms with van der Waals surface area (Å²) in [7, 11) is 4.86. The first kappa shape index (κ1) is 23.0. The number of aryl methyl sites for hydroxylation is 1. The Bertz CT molecular complexity index is 1170. The molecule has 0 aliphatic rings. The van der Waals surface area contributed by atoms with Gasteiger partial charge in [-0.15, -0.1) is 10.2 Å². The van der Waals surface area contributed by atoms with E-state index in [0.29, 0.717) is 32.8 Å². The van der Waals surface area contributed by atoms with Crippen LogP contribution in [0.2, 0.25) is 0 Å². The number of ether oxygens (including phenoxy) is 2. The first-order valence-electron chi connectivity index (χ1n) is 9.03. The van der Waals surface area contributed by atoms with Gasteiger partial charge in [-0.3, -0.25) is 15.5 Å². The largest absolute Gasteiger partial charge is 0.493 e. The van der Waals surface area contributed by atoms with E-state index in [1.807, 2.05) is 0 Å². The lowest BCUT2D eigenvalue weighted by atomic mass is 10.2. The van der Waals surface area contributed by atoms with Crippen LogP contribution in [0.1, 0.15) is 5.56 Å². The maximum atomic E-state index is 11.5. The van der Waals surface area contributed by atoms with Crippen molar-refractivity contribution in [2.24, 2.45) is 12.1 Å². The van der Waals surface area contributed by atoms with Gasteiger partial charge < -0.3 is 19.4 Å². The molecule has 0 bridgehead atoms. The molecule has 0 saturated heterocycles. The molecule has 3 rings (SSSR count). The number of benzene rings is 2. The van der Waals surface area contributed by atoms with Crippen molar-refractivity contribution < 1.29 is 14.4 Å². The number of anilines is 1. The van der Waals surface area contributed by atoms with Crippen molar-refractivity contribution in [2.75, 3.05) is 19.5 Å². The molecule has 0 amide bonds. The molecule has 0 unspecified atom stereocenters. The lowest BCUT2D eigenvalue weighted by molar-refractivity contribution is -0.387. The standard InChI is InChI=1S/C19H19N7O4S2/c1-25-11-21-24-19(25)32-17-7-4-12(8-14(17)26(27)28)10-20-23-18(31)22-13-5-6-15(29-2)16(9-13)30-3/h4-11H,1-3H3,(H2,22,23,31)/b20-10-. The molecule has 0 atom stereocenters. The Labute approximate surface area is 193 Å². The number of nitrogens with one attached hydrogen (secondary N) is 2. The summed E-state index contributed by atoms with van der Waals surface area (Å²) in [4.78, 5) is 11.5. The molecule has 32 heavy (non-hydrogen) atoms. The zero-order chi connectivity index (χ0) is 23.1. The molecule has 1 heterocycles. The van der Waals surface area contributed by atoms with E-state index in [1.54, 1.807) is 56.2 Å². The fraction of sp³-hybridized carbons (Fsp3) is 0.158. The van der Waals surface area contributed by atoms with Crippen LogP contribution in [0, 0.1) is 10.1 Å². The van der Waals surface area contributed by atoms with Crippen molar-refractivity contribution in [3.05, 3.63) is 58.4 Å². The minimum absolute atomic E-state index is 0.0621. The number of thiocarbonyl (C=S) groups is 1. The summed E-state index contributed by atoms with van der Waals surface area (Å²) in [6.07, 6.45) is 2.96. The quantitative estimate of drug-likeness (QED) is 0.218. The summed E-state index contributed by atoms with van der Waals surface area (Å²) < 4.78 is 12.1. The summed E-state index contributed by atoms with van der Waals surface area (Å²) in [5, 5.41) is 27.0. The van der Waals surface area contributed by atoms with Crippen LogP contribution in [-0.2, 0) is 7.05 Å². The zero-order valence-corrected chi connectivity index (χ0v) is 18.9. The summed E-state index contributed by atoms with van der Waals surface area (Å²) in [5.74, 6) is 1.15. The molecule has 1 aromatic heterocycles. The number of nitro groups is 1. The number of rotatable bonds is 8. The molecule has 0 saturated carbocycles. The van der Waals surface area contributed by atoms with Crippen LogP contribution < -0.4 is 20.2 Å². The zero-order valence-electron chi connectivity index (χ0n) is 17.3. The number of aromatic nitrogens is 3. The van der Waals surface area contributed by atoms with Crippen molar-refractivity contribution in [3.8, 4) is 11.5 Å². The number of nitrogens with zero attached hydrogens (tertiary/aromatic N) is 5. The van der Waals surface area contributed by atoms with Gasteiger partial charge in [-0.25, -0.2) is 0 Å². The van der Waals surface area contributed by atoms with Crippen LogP contribution in [0.4, 0.5) is 11.4 Å². The van der Waals surface area contributed by atoms with Crippen LogP contribution in [0.25, 0.3) is 0 Å². The molecular formula is C19H19N7O4S2. The Hall–Kier alpha value is -3.71. The van der Waals surface area contributed by atoms with E-state index in [9.17, 15) is 10.1 Å². The smallest absolute Gasteiger partial charge is 0.283 e. The minimum Gasteiger partial charge on any atom is -0.493 e. The molecule has 166 valence electrons. The van der Waals surface area contributed by atoms with Crippen LogP contribution in [0.3, 0.4) is 0 Å². The first-order chi connectivity index (χ1) is 15.4. The number of hydrogen-bond donors (Lipinski definition) is 2. The van der Waals surface area contributed by atoms with E-state index in [1.165, 1.54) is 18.6 Å². The average Bonchev–Trinajstić information content (AvgIpc) is 3.18. The van der Waals surface area contributed by atoms with Crippen molar-refractivity contribution >= 4 is 46.7 Å². The third-order valence-electron chi connectivity index (χ3n) is 4.07. The average molecular weight is 474 g/mol. The maximum absolute atomic E-state index is 11.5. The van der Waals surface area contributed by atoms with E-state index in [0.717, 1.165) is 11.8 Å². The second kappa shape index (κ2) is 10.5. The van der Waals surface area contributed by atoms with Gasteiger partial charge in [-0.1, -0.05) is 6.07 Å². The normalized spacial score (nSPS) is 10.7. The third-order valence-corrected chi connectivity index (χ3v) is 5.38. The van der Waals surface area contributed by atoms with Gasteiger partial charge in [0.1, 0.15) is 6.33 Å². The molecule has 13 heteroatoms. The SMILES string of the molecule is COc1ccc(NC(=S)N/N=C\c2ccc(Sc3nncn3C)c([N+](=O)[O-])c2)cc1OC. The Kier molecular flexibility index (Phi) is 7.57. The predicted octanol–water partition coefficient (Wildman–Crippen LogP) is 3.21. The first-order valence-corrected chi connectivity index (χ1v) is 10.3. The minimum atomic E-state index is -0.452. The molecule has 0 aliphatic heterocycles. The number of hydrazone groups is 1. The highest BCUT2D eigenvalue weighted by molar-refractivity contribution is 7.99. The monoisotopic (exact) mass is 473 g/mol. The van der Waals surface area contributed by atoms with Crippen molar-refractivity contribution in [2.45, 2.75) is 10.1 Å². The Morgan fingerprint density at radius 2 is 2.03 bits per heavy atom. The van der Waals surface area contributed by atoms with Gasteiger partial charge in [0.15, 0.2) is 21.8 Å². The molecule has 0 aliphatic carbocycles. The maximum Gasteiger partial charge on any atom is 0.283 e. The van der Waals surface area contributed by atoms with Crippen LogP contribution in [0.5, 0.6) is 11.5 Å². The van der Waals surface area contributed by atoms with Crippen molar-refractivity contribution in [3.63, 3.8) is 0 Å². The summed E-state index contributed by atoms with van der Waals surface area (Å²) >= 11 is 6.38. The molecule has 3 aromatic rings. The van der Waals surface area contributed by atoms with Crippen LogP contribution >= 0.6 is 24.0 Å². The van der Waals surface area contributed by atoms with Crippen molar-refractivity contribution in [1.82, 2.24) is 20.2 Å². The highest BCUT2D eigenvalue weighted by Gasteiger charge is 2.17. The molecule has 11 nitrogen and oxygen atoms in total. The summed E-state index contributed by atoms with van der Waals surface area (Å²) in [6.45, 7) is 0. The fourth-order valence-electron chi connectivity index (χ4n) is 2.55. The molecule has 2 aromatic carbocycles. The highest BCUT2D eigenvalue weighted by atomic mass is 32.2. The van der Waals surface area contributed by atoms with E-state index in [-0.39, 0.29) is 10.8 Å². The lowest BCUT2D eigenvalue weighted by Gasteiger charge is -2.11. The van der Waals surface area contributed by atoms with Gasteiger partial charge in [0.2, 0.25) is 0 Å². The number of hydrogen-bond acceptors (Lipinski definition) is 9. The second-order valence-corrected chi connectivity index (χ2v) is 7.62. The molecule has 0 spiro atoms. The number of methoxy groups -OCH3 is 2. The van der Waals surface area contributed by atoms with Gasteiger partial charge in [0, 0.05) is 30.4 Å². The van der Waals surface area contributed by atoms with Gasteiger partial charge in [-0.2, -0.15) is 5.10 Å². The second-order valence-electron chi connectivity index (χ2n) is 6.20. The summed E-state index contributed by atoms with van der Waals surface area (Å²) in [5.41, 5.74) is 3.82. The Morgan fingerprint density at radius 1 is 1.25 bits per heavy atom. The van der Waals surface area contributed by atoms with Crippen molar-refractivity contribution in [1.29, 1.82) is 0 Å². The van der Waals surface area contributed by atoms with Gasteiger partial charge in [0.25, 0.3) is 5.69 Å². The molecule has 2 N–H and O–H groups in total. The molecule has 0 fully saturated rings. The molecule has 0 radical (unpaired) electrons. The lowest BCUT2D eigenvalue weighted by Crippen LogP contribution is -2.23. The van der Waals surface area contributed by atoms with Gasteiger partial charge in [-0.05, 0) is 42.2 Å². The Morgan fingerprint density at radius 3 is 2.69 bits per heavy atom.